The maximum Gasteiger partial charge on any atom is 0.128 e. The highest BCUT2D eigenvalue weighted by Crippen LogP contribution is 1.94. The van der Waals surface area contributed by atoms with E-state index < -0.39 is 8.07 Å². The van der Waals surface area contributed by atoms with Gasteiger partial charge in [-0.3, -0.25) is 0 Å². The Morgan fingerprint density at radius 2 is 1.20 bits per heavy atom. The quantitative estimate of drug-likeness (QED) is 0.388. The van der Waals surface area contributed by atoms with Gasteiger partial charge in [-0.1, -0.05) is 39.3 Å². The molecule has 0 amide bonds. The third kappa shape index (κ3) is 43.6. The Labute approximate surface area is 68.7 Å². The van der Waals surface area contributed by atoms with Crippen molar-refractivity contribution >= 4 is 16.9 Å². The van der Waals surface area contributed by atoms with Gasteiger partial charge < -0.3 is 0 Å². The van der Waals surface area contributed by atoms with Crippen LogP contribution in [0, 0.1) is 12.0 Å². The van der Waals surface area contributed by atoms with E-state index in [2.05, 4.69) is 44.8 Å². The van der Waals surface area contributed by atoms with Crippen LogP contribution < -0.4 is 0 Å². The highest BCUT2D eigenvalue weighted by Gasteiger charge is 2.05. The molecule has 0 saturated heterocycles. The highest BCUT2D eigenvalue weighted by atomic mass is 28.3. The molecule has 0 spiro atoms. The minimum absolute atomic E-state index is 0.120. The van der Waals surface area contributed by atoms with Crippen molar-refractivity contribution in [2.24, 2.45) is 0 Å². The van der Waals surface area contributed by atoms with Crippen molar-refractivity contribution in [3.63, 3.8) is 0 Å². The molecule has 1 radical (unpaired) electrons. The second kappa shape index (κ2) is 5.75. The monoisotopic (exact) mass is 171 g/mol. The van der Waals surface area contributed by atoms with Gasteiger partial charge in [-0.15, -0.1) is 12.0 Å². The van der Waals surface area contributed by atoms with Crippen LogP contribution in [-0.4, -0.2) is 16.9 Å². The maximum atomic E-state index is 5.12. The Morgan fingerprint density at radius 3 is 1.20 bits per heavy atom. The lowest BCUT2D eigenvalue weighted by atomic mass is 11.4. The molecule has 0 unspecified atom stereocenters. The van der Waals surface area contributed by atoms with E-state index in [4.69, 9.17) is 6.42 Å². The SMILES string of the molecule is C#C[Si](C)(C)C.C[Si](C)C. The number of terminal acetylenes is 1. The first kappa shape index (κ1) is 12.7. The molecular weight excluding hydrogens is 152 g/mol. The van der Waals surface area contributed by atoms with Crippen molar-refractivity contribution in [2.75, 3.05) is 0 Å². The fraction of sp³-hybridized carbons (Fsp3) is 0.750. The maximum absolute atomic E-state index is 5.12. The Kier molecular flexibility index (Phi) is 7.28. The van der Waals surface area contributed by atoms with Gasteiger partial charge >= 0.3 is 0 Å². The fourth-order valence-corrected chi connectivity index (χ4v) is 0. The molecule has 0 rings (SSSR count). The lowest BCUT2D eigenvalue weighted by Gasteiger charge is -2.00. The fourth-order valence-electron chi connectivity index (χ4n) is 0. The molecule has 0 N–H and O–H groups in total. The number of hydrogen-bond acceptors (Lipinski definition) is 0. The van der Waals surface area contributed by atoms with E-state index in [1.54, 1.807) is 0 Å². The molecule has 0 aromatic rings. The second-order valence-electron chi connectivity index (χ2n) is 3.89. The standard InChI is InChI=1S/C5H10Si.C3H9Si/c1-5-6(2,3)4;1-4(2)3/h1H,2-4H3;1-3H3. The first-order chi connectivity index (χ1) is 4.29. The summed E-state index contributed by atoms with van der Waals surface area (Å²) in [5, 5.41) is 0. The van der Waals surface area contributed by atoms with Gasteiger partial charge in [0.2, 0.25) is 0 Å². The number of rotatable bonds is 0. The van der Waals surface area contributed by atoms with Crippen LogP contribution in [0.2, 0.25) is 39.3 Å². The molecule has 0 aliphatic rings. The third-order valence-corrected chi connectivity index (χ3v) is 1.30. The van der Waals surface area contributed by atoms with Crippen molar-refractivity contribution in [2.45, 2.75) is 39.3 Å². The highest BCUT2D eigenvalue weighted by molar-refractivity contribution is 6.83. The van der Waals surface area contributed by atoms with Gasteiger partial charge in [-0.05, 0) is 0 Å². The molecule has 0 atom stereocenters. The lowest BCUT2D eigenvalue weighted by molar-refractivity contribution is 1.82. The van der Waals surface area contributed by atoms with Crippen molar-refractivity contribution in [1.29, 1.82) is 0 Å². The summed E-state index contributed by atoms with van der Waals surface area (Å²) in [7, 11) is -0.983. The zero-order chi connectivity index (χ0) is 8.78. The third-order valence-electron chi connectivity index (χ3n) is 0.433. The molecule has 0 heterocycles. The molecule has 10 heavy (non-hydrogen) atoms. The molecule has 0 fully saturated rings. The topological polar surface area (TPSA) is 0 Å². The summed E-state index contributed by atoms with van der Waals surface area (Å²) in [5.41, 5.74) is 2.74. The van der Waals surface area contributed by atoms with Crippen molar-refractivity contribution in [1.82, 2.24) is 0 Å². The van der Waals surface area contributed by atoms with Gasteiger partial charge in [0, 0.05) is 8.80 Å². The largest absolute Gasteiger partial charge is 0.135 e. The van der Waals surface area contributed by atoms with Gasteiger partial charge in [-0.2, -0.15) is 0 Å². The smallest absolute Gasteiger partial charge is 0.128 e. The minimum atomic E-state index is -1.10. The predicted octanol–water partition coefficient (Wildman–Crippen LogP) is 2.87. The van der Waals surface area contributed by atoms with Crippen molar-refractivity contribution < 1.29 is 0 Å². The Hall–Kier alpha value is -0.00623. The molecule has 0 aromatic carbocycles. The van der Waals surface area contributed by atoms with Gasteiger partial charge in [0.1, 0.15) is 8.07 Å². The van der Waals surface area contributed by atoms with Crippen LogP contribution in [0.15, 0.2) is 0 Å². The first-order valence-corrected chi connectivity index (χ1v) is 10.0. The van der Waals surface area contributed by atoms with Crippen LogP contribution in [0.4, 0.5) is 0 Å². The Balaban J connectivity index is 0. The normalized spacial score (nSPS) is 9.80. The Morgan fingerprint density at radius 1 is 1.10 bits per heavy atom. The van der Waals surface area contributed by atoms with Gasteiger partial charge in [-0.25, -0.2) is 0 Å². The average Bonchev–Trinajstić information content (AvgIpc) is 1.63. The summed E-state index contributed by atoms with van der Waals surface area (Å²) < 4.78 is 0. The van der Waals surface area contributed by atoms with Gasteiger partial charge in [0.25, 0.3) is 0 Å². The van der Waals surface area contributed by atoms with E-state index in [0.29, 0.717) is 0 Å². The minimum Gasteiger partial charge on any atom is -0.135 e. The molecule has 0 saturated carbocycles. The zero-order valence-corrected chi connectivity index (χ0v) is 10.1. The molecule has 2 heteroatoms. The van der Waals surface area contributed by atoms with Crippen molar-refractivity contribution in [3.8, 4) is 12.0 Å². The summed E-state index contributed by atoms with van der Waals surface area (Å²) >= 11 is 0. The average molecular weight is 171 g/mol. The van der Waals surface area contributed by atoms with E-state index in [-0.39, 0.29) is 8.80 Å². The predicted molar refractivity (Wildman–Crippen MR) is 55.5 cm³/mol. The van der Waals surface area contributed by atoms with Crippen LogP contribution in [0.1, 0.15) is 0 Å². The van der Waals surface area contributed by atoms with Gasteiger partial charge in [0.05, 0.1) is 0 Å². The van der Waals surface area contributed by atoms with E-state index in [9.17, 15) is 0 Å². The summed E-state index contributed by atoms with van der Waals surface area (Å²) in [6.07, 6.45) is 5.12. The van der Waals surface area contributed by atoms with E-state index in [0.717, 1.165) is 0 Å². The second-order valence-corrected chi connectivity index (χ2v) is 11.7. The van der Waals surface area contributed by atoms with E-state index >= 15 is 0 Å². The molecule has 0 aliphatic carbocycles. The zero-order valence-electron chi connectivity index (χ0n) is 8.08. The summed E-state index contributed by atoms with van der Waals surface area (Å²) in [4.78, 5) is 0. The Bertz CT molecular complexity index is 101. The van der Waals surface area contributed by atoms with E-state index in [1.165, 1.54) is 0 Å². The summed E-state index contributed by atoms with van der Waals surface area (Å²) in [6, 6.07) is 0. The van der Waals surface area contributed by atoms with Crippen LogP contribution in [0.25, 0.3) is 0 Å². The van der Waals surface area contributed by atoms with Crippen LogP contribution >= 0.6 is 0 Å². The molecule has 0 bridgehead atoms. The first-order valence-electron chi connectivity index (χ1n) is 3.54. The van der Waals surface area contributed by atoms with Gasteiger partial charge in [0.15, 0.2) is 0 Å². The number of hydrogen-bond donors (Lipinski definition) is 0. The summed E-state index contributed by atoms with van der Waals surface area (Å²) in [5.74, 6) is 0. The molecule has 59 valence electrons. The van der Waals surface area contributed by atoms with E-state index in [1.807, 2.05) is 0 Å². The molecule has 0 nitrogen and oxygen atoms in total. The molecule has 0 aromatic heterocycles. The molecular formula is C8H19Si2. The van der Waals surface area contributed by atoms with Crippen molar-refractivity contribution in [3.05, 3.63) is 0 Å². The van der Waals surface area contributed by atoms with Crippen LogP contribution in [0.5, 0.6) is 0 Å². The lowest BCUT2D eigenvalue weighted by Crippen LogP contribution is -2.15. The molecule has 0 aliphatic heterocycles. The van der Waals surface area contributed by atoms with Crippen LogP contribution in [0.3, 0.4) is 0 Å². The van der Waals surface area contributed by atoms with Crippen LogP contribution in [-0.2, 0) is 0 Å². The summed E-state index contributed by atoms with van der Waals surface area (Å²) in [6.45, 7) is 13.2.